The van der Waals surface area contributed by atoms with Crippen LogP contribution in [0.4, 0.5) is 0 Å². The second kappa shape index (κ2) is 9.54. The molecule has 1 aliphatic carbocycles. The van der Waals surface area contributed by atoms with Crippen molar-refractivity contribution in [2.24, 2.45) is 5.92 Å². The molecule has 1 aliphatic rings. The van der Waals surface area contributed by atoms with Crippen molar-refractivity contribution in [1.29, 1.82) is 0 Å². The van der Waals surface area contributed by atoms with Crippen LogP contribution in [-0.2, 0) is 0 Å². The van der Waals surface area contributed by atoms with Crippen molar-refractivity contribution < 1.29 is 0 Å². The molecule has 17 heavy (non-hydrogen) atoms. The number of hydrogen-bond donors (Lipinski definition) is 1. The third kappa shape index (κ3) is 6.74. The minimum atomic E-state index is 0.698. The Morgan fingerprint density at radius 2 is 1.88 bits per heavy atom. The van der Waals surface area contributed by atoms with Crippen molar-refractivity contribution in [3.05, 3.63) is 0 Å². The van der Waals surface area contributed by atoms with E-state index in [2.05, 4.69) is 24.1 Å². The molecular formula is C16H29N. The van der Waals surface area contributed by atoms with E-state index >= 15 is 0 Å². The second-order valence-corrected chi connectivity index (χ2v) is 5.31. The third-order valence-corrected chi connectivity index (χ3v) is 3.88. The highest BCUT2D eigenvalue weighted by molar-refractivity contribution is 4.95. The van der Waals surface area contributed by atoms with Crippen molar-refractivity contribution in [3.8, 4) is 11.8 Å². The molecule has 98 valence electrons. The molecule has 0 saturated heterocycles. The van der Waals surface area contributed by atoms with Gasteiger partial charge in [-0.15, -0.1) is 11.8 Å². The molecule has 1 atom stereocenters. The maximum Gasteiger partial charge on any atom is 0.0103 e. The molecule has 1 N–H and O–H groups in total. The summed E-state index contributed by atoms with van der Waals surface area (Å²) < 4.78 is 0. The van der Waals surface area contributed by atoms with Crippen molar-refractivity contribution in [3.63, 3.8) is 0 Å². The van der Waals surface area contributed by atoms with Gasteiger partial charge in [-0.2, -0.15) is 0 Å². The zero-order chi connectivity index (χ0) is 12.3. The highest BCUT2D eigenvalue weighted by atomic mass is 14.9. The van der Waals surface area contributed by atoms with Gasteiger partial charge in [0.25, 0.3) is 0 Å². The van der Waals surface area contributed by atoms with Gasteiger partial charge < -0.3 is 5.32 Å². The van der Waals surface area contributed by atoms with Gasteiger partial charge in [0.1, 0.15) is 0 Å². The lowest BCUT2D eigenvalue weighted by Crippen LogP contribution is -2.31. The van der Waals surface area contributed by atoms with Gasteiger partial charge in [0.15, 0.2) is 0 Å². The maximum atomic E-state index is 3.64. The van der Waals surface area contributed by atoms with E-state index in [0.717, 1.165) is 18.9 Å². The first kappa shape index (κ1) is 14.6. The highest BCUT2D eigenvalue weighted by Crippen LogP contribution is 2.27. The normalized spacial score (nSPS) is 19.2. The molecule has 0 aromatic carbocycles. The maximum absolute atomic E-state index is 3.64. The Labute approximate surface area is 108 Å². The van der Waals surface area contributed by atoms with Crippen molar-refractivity contribution in [2.75, 3.05) is 6.54 Å². The summed E-state index contributed by atoms with van der Waals surface area (Å²) in [6.45, 7) is 5.25. The fourth-order valence-corrected chi connectivity index (χ4v) is 2.97. The Balaban J connectivity index is 2.31. The van der Waals surface area contributed by atoms with Crippen LogP contribution >= 0.6 is 0 Å². The molecule has 0 radical (unpaired) electrons. The zero-order valence-corrected chi connectivity index (χ0v) is 11.7. The Bertz CT molecular complexity index is 228. The molecule has 1 fully saturated rings. The Morgan fingerprint density at radius 3 is 2.47 bits per heavy atom. The van der Waals surface area contributed by atoms with Gasteiger partial charge in [0, 0.05) is 12.5 Å². The van der Waals surface area contributed by atoms with E-state index in [0.29, 0.717) is 6.04 Å². The SMILES string of the molecule is CC#CCCC(CC1CCCCCC1)NCC. The molecule has 1 heteroatoms. The minimum Gasteiger partial charge on any atom is -0.314 e. The molecule has 0 aliphatic heterocycles. The molecule has 0 bridgehead atoms. The predicted molar refractivity (Wildman–Crippen MR) is 76.0 cm³/mol. The molecular weight excluding hydrogens is 206 g/mol. The first-order valence-corrected chi connectivity index (χ1v) is 7.49. The van der Waals surface area contributed by atoms with Crippen LogP contribution in [0.2, 0.25) is 0 Å². The van der Waals surface area contributed by atoms with Crippen molar-refractivity contribution >= 4 is 0 Å². The summed E-state index contributed by atoms with van der Waals surface area (Å²) in [5.74, 6) is 7.17. The van der Waals surface area contributed by atoms with Gasteiger partial charge in [-0.05, 0) is 32.2 Å². The monoisotopic (exact) mass is 235 g/mol. The average Bonchev–Trinajstić information content (AvgIpc) is 2.58. The molecule has 0 heterocycles. The van der Waals surface area contributed by atoms with E-state index in [1.165, 1.54) is 51.4 Å². The first-order valence-electron chi connectivity index (χ1n) is 7.49. The topological polar surface area (TPSA) is 12.0 Å². The van der Waals surface area contributed by atoms with Crippen LogP contribution in [-0.4, -0.2) is 12.6 Å². The van der Waals surface area contributed by atoms with Crippen molar-refractivity contribution in [1.82, 2.24) is 5.32 Å². The van der Waals surface area contributed by atoms with Gasteiger partial charge in [-0.1, -0.05) is 45.4 Å². The smallest absolute Gasteiger partial charge is 0.0103 e. The molecule has 0 aromatic rings. The fraction of sp³-hybridized carbons (Fsp3) is 0.875. The molecule has 0 amide bonds. The summed E-state index contributed by atoms with van der Waals surface area (Å²) >= 11 is 0. The second-order valence-electron chi connectivity index (χ2n) is 5.31. The first-order chi connectivity index (χ1) is 8.36. The lowest BCUT2D eigenvalue weighted by molar-refractivity contribution is 0.344. The third-order valence-electron chi connectivity index (χ3n) is 3.88. The van der Waals surface area contributed by atoms with Crippen LogP contribution in [0.25, 0.3) is 0 Å². The number of hydrogen-bond acceptors (Lipinski definition) is 1. The summed E-state index contributed by atoms with van der Waals surface area (Å²) in [5, 5.41) is 3.64. The summed E-state index contributed by atoms with van der Waals surface area (Å²) in [6, 6.07) is 0.698. The Morgan fingerprint density at radius 1 is 1.18 bits per heavy atom. The fourth-order valence-electron chi connectivity index (χ4n) is 2.97. The molecule has 0 aromatic heterocycles. The van der Waals surface area contributed by atoms with E-state index in [9.17, 15) is 0 Å². The largest absolute Gasteiger partial charge is 0.314 e. The van der Waals surface area contributed by atoms with Gasteiger partial charge in [-0.25, -0.2) is 0 Å². The van der Waals surface area contributed by atoms with E-state index in [1.54, 1.807) is 0 Å². The summed E-state index contributed by atoms with van der Waals surface area (Å²) in [7, 11) is 0. The summed E-state index contributed by atoms with van der Waals surface area (Å²) in [5.41, 5.74) is 0. The van der Waals surface area contributed by atoms with Crippen LogP contribution in [0, 0.1) is 17.8 Å². The predicted octanol–water partition coefficient (Wildman–Crippen LogP) is 4.13. The lowest BCUT2D eigenvalue weighted by Gasteiger charge is -2.22. The molecule has 1 unspecified atom stereocenters. The summed E-state index contributed by atoms with van der Waals surface area (Å²) in [4.78, 5) is 0. The summed E-state index contributed by atoms with van der Waals surface area (Å²) in [6.07, 6.45) is 12.4. The van der Waals surface area contributed by atoms with Crippen LogP contribution < -0.4 is 5.32 Å². The van der Waals surface area contributed by atoms with Crippen molar-refractivity contribution in [2.45, 2.75) is 77.7 Å². The molecule has 0 spiro atoms. The van der Waals surface area contributed by atoms with Gasteiger partial charge in [0.05, 0.1) is 0 Å². The van der Waals surface area contributed by atoms with Gasteiger partial charge in [-0.3, -0.25) is 0 Å². The van der Waals surface area contributed by atoms with Gasteiger partial charge in [0.2, 0.25) is 0 Å². The quantitative estimate of drug-likeness (QED) is 0.539. The zero-order valence-electron chi connectivity index (χ0n) is 11.7. The highest BCUT2D eigenvalue weighted by Gasteiger charge is 2.17. The standard InChI is InChI=1S/C16H29N/c1-3-5-8-13-16(17-4-2)14-15-11-9-6-7-10-12-15/h15-17H,4,6-14H2,1-2H3. The van der Waals surface area contributed by atoms with E-state index in [1.807, 2.05) is 6.92 Å². The van der Waals surface area contributed by atoms with Crippen LogP contribution in [0.1, 0.15) is 71.6 Å². The molecule has 1 rings (SSSR count). The number of rotatable bonds is 6. The molecule has 1 saturated carbocycles. The lowest BCUT2D eigenvalue weighted by atomic mass is 9.91. The van der Waals surface area contributed by atoms with E-state index in [4.69, 9.17) is 0 Å². The number of nitrogens with one attached hydrogen (secondary N) is 1. The Hall–Kier alpha value is -0.480. The Kier molecular flexibility index (Phi) is 8.18. The average molecular weight is 235 g/mol. The minimum absolute atomic E-state index is 0.698. The van der Waals surface area contributed by atoms with E-state index < -0.39 is 0 Å². The molecule has 1 nitrogen and oxygen atoms in total. The van der Waals surface area contributed by atoms with Gasteiger partial charge >= 0.3 is 0 Å². The van der Waals surface area contributed by atoms with Crippen LogP contribution in [0.15, 0.2) is 0 Å². The van der Waals surface area contributed by atoms with E-state index in [-0.39, 0.29) is 0 Å². The van der Waals surface area contributed by atoms with Crippen LogP contribution in [0.3, 0.4) is 0 Å². The van der Waals surface area contributed by atoms with Crippen LogP contribution in [0.5, 0.6) is 0 Å².